The number of fused-ring (bicyclic) bond motifs is 1. The van der Waals surface area contributed by atoms with Crippen molar-refractivity contribution in [2.24, 2.45) is 0 Å². The molecule has 4 aromatic rings. The summed E-state index contributed by atoms with van der Waals surface area (Å²) < 4.78 is 69.1. The highest BCUT2D eigenvalue weighted by atomic mass is 19.4. The van der Waals surface area contributed by atoms with Gasteiger partial charge in [-0.25, -0.2) is 14.6 Å². The summed E-state index contributed by atoms with van der Waals surface area (Å²) in [6.07, 6.45) is -6.07. The van der Waals surface area contributed by atoms with Crippen LogP contribution < -0.4 is 4.74 Å². The zero-order valence-electron chi connectivity index (χ0n) is 30.2. The summed E-state index contributed by atoms with van der Waals surface area (Å²) in [5.41, 5.74) is -0.172. The van der Waals surface area contributed by atoms with Crippen LogP contribution in [0, 0.1) is 5.95 Å². The van der Waals surface area contributed by atoms with Crippen LogP contribution in [0.1, 0.15) is 70.6 Å². The summed E-state index contributed by atoms with van der Waals surface area (Å²) in [4.78, 5) is 44.6. The predicted octanol–water partition coefficient (Wildman–Crippen LogP) is 8.27. The van der Waals surface area contributed by atoms with E-state index in [-0.39, 0.29) is 76.6 Å². The maximum Gasteiger partial charge on any atom is 0.432 e. The minimum Gasteiger partial charge on any atom is -0.476 e. The van der Waals surface area contributed by atoms with E-state index in [1.165, 1.54) is 53.6 Å². The van der Waals surface area contributed by atoms with E-state index >= 15 is 0 Å². The van der Waals surface area contributed by atoms with Gasteiger partial charge in [0.25, 0.3) is 0 Å². The molecule has 2 aromatic carbocycles. The van der Waals surface area contributed by atoms with Crippen LogP contribution in [0.15, 0.2) is 66.9 Å². The van der Waals surface area contributed by atoms with Crippen LogP contribution in [0.25, 0.3) is 22.0 Å². The fourth-order valence-electron chi connectivity index (χ4n) is 5.72. The number of nitrogens with zero attached hydrogens (tertiary/aromatic N) is 5. The van der Waals surface area contributed by atoms with E-state index in [0.717, 1.165) is 0 Å². The Balaban J connectivity index is 1.64. The SMILES string of the molecule is CCN(CC)C(=O)CCCN(CCOc1ccc(C(=C(CC(F)(F)F)c2ccccc2)c2ccc3c(c2)c(F)nn3C(=O)O)cn1)C(=O)OC(C)(C)C. The Morgan fingerprint density at radius 2 is 1.57 bits per heavy atom. The molecule has 2 heterocycles. The number of rotatable bonds is 14. The molecule has 0 aliphatic carbocycles. The number of carbonyl (C=O) groups is 3. The average molecular weight is 742 g/mol. The van der Waals surface area contributed by atoms with E-state index in [0.29, 0.717) is 24.2 Å². The average Bonchev–Trinajstić information content (AvgIpc) is 3.43. The second-order valence-electron chi connectivity index (χ2n) is 13.1. The summed E-state index contributed by atoms with van der Waals surface area (Å²) in [5, 5.41) is 12.7. The van der Waals surface area contributed by atoms with E-state index in [1.54, 1.807) is 43.9 Å². The number of ether oxygens (including phenoxy) is 2. The van der Waals surface area contributed by atoms with Crippen molar-refractivity contribution in [2.75, 3.05) is 32.8 Å². The van der Waals surface area contributed by atoms with E-state index < -0.39 is 36.3 Å². The monoisotopic (exact) mass is 741 g/mol. The Labute approximate surface area is 304 Å². The van der Waals surface area contributed by atoms with Crippen LogP contribution in [-0.4, -0.2) is 92.3 Å². The molecule has 0 spiro atoms. The molecule has 0 saturated heterocycles. The first-order chi connectivity index (χ1) is 25.0. The highest BCUT2D eigenvalue weighted by molar-refractivity contribution is 6.01. The fraction of sp³-hybridized carbons (Fsp3) is 0.395. The molecule has 2 amide bonds. The van der Waals surface area contributed by atoms with E-state index in [2.05, 4.69) is 10.1 Å². The molecular weight excluding hydrogens is 698 g/mol. The molecule has 284 valence electrons. The molecule has 0 unspecified atom stereocenters. The number of hydrogen-bond acceptors (Lipinski definition) is 7. The lowest BCUT2D eigenvalue weighted by Gasteiger charge is -2.27. The second kappa shape index (κ2) is 17.4. The first-order valence-corrected chi connectivity index (χ1v) is 17.1. The minimum absolute atomic E-state index is 0.00880. The molecule has 0 radical (unpaired) electrons. The lowest BCUT2D eigenvalue weighted by Crippen LogP contribution is -2.40. The van der Waals surface area contributed by atoms with Crippen molar-refractivity contribution < 1.29 is 46.5 Å². The molecule has 2 aromatic heterocycles. The zero-order chi connectivity index (χ0) is 38.9. The third kappa shape index (κ3) is 11.0. The maximum absolute atomic E-state index is 14.9. The predicted molar refractivity (Wildman–Crippen MR) is 191 cm³/mol. The minimum atomic E-state index is -4.63. The van der Waals surface area contributed by atoms with Crippen LogP contribution in [0.5, 0.6) is 5.88 Å². The van der Waals surface area contributed by atoms with Gasteiger partial charge in [-0.3, -0.25) is 4.79 Å². The summed E-state index contributed by atoms with van der Waals surface area (Å²) in [6.45, 7) is 10.5. The number of benzene rings is 2. The Morgan fingerprint density at radius 1 is 0.887 bits per heavy atom. The molecule has 4 rings (SSSR count). The molecule has 0 atom stereocenters. The molecule has 0 bridgehead atoms. The summed E-state index contributed by atoms with van der Waals surface area (Å²) in [5.74, 6) is -0.993. The number of hydrogen-bond donors (Lipinski definition) is 1. The van der Waals surface area contributed by atoms with Crippen LogP contribution in [0.2, 0.25) is 0 Å². The Morgan fingerprint density at radius 3 is 2.15 bits per heavy atom. The lowest BCUT2D eigenvalue weighted by atomic mass is 9.88. The molecule has 53 heavy (non-hydrogen) atoms. The van der Waals surface area contributed by atoms with Gasteiger partial charge in [-0.15, -0.1) is 5.10 Å². The Bertz CT molecular complexity index is 1920. The van der Waals surface area contributed by atoms with Crippen molar-refractivity contribution in [1.82, 2.24) is 24.6 Å². The largest absolute Gasteiger partial charge is 0.476 e. The zero-order valence-corrected chi connectivity index (χ0v) is 30.2. The number of halogens is 4. The van der Waals surface area contributed by atoms with Crippen molar-refractivity contribution >= 4 is 40.1 Å². The van der Waals surface area contributed by atoms with Gasteiger partial charge < -0.3 is 24.4 Å². The van der Waals surface area contributed by atoms with Crippen LogP contribution in [0.4, 0.5) is 27.2 Å². The van der Waals surface area contributed by atoms with Gasteiger partial charge in [0.2, 0.25) is 17.7 Å². The molecular formula is C38H43F4N5O6. The normalized spacial score (nSPS) is 12.3. The third-order valence-electron chi connectivity index (χ3n) is 8.13. The van der Waals surface area contributed by atoms with Gasteiger partial charge in [-0.2, -0.15) is 22.2 Å². The van der Waals surface area contributed by atoms with Gasteiger partial charge in [0, 0.05) is 43.9 Å². The first-order valence-electron chi connectivity index (χ1n) is 17.1. The molecule has 0 aliphatic heterocycles. The third-order valence-corrected chi connectivity index (χ3v) is 8.13. The standard InChI is InChI=1S/C38H43F4N5O6/c1-6-45(7-2)32(48)14-11-19-46(36(51)53-37(3,4)5)20-21-52-31-18-16-27(24-43-31)33(29(23-38(40,41)42)25-12-9-8-10-13-25)26-15-17-30-28(22-26)34(39)44-47(30)35(49)50/h8-10,12-13,15-18,22,24H,6-7,11,14,19-21,23H2,1-5H3,(H,49,50). The fourth-order valence-corrected chi connectivity index (χ4v) is 5.72. The van der Waals surface area contributed by atoms with Gasteiger partial charge >= 0.3 is 18.4 Å². The quantitative estimate of drug-likeness (QED) is 0.101. The number of pyridine rings is 1. The second-order valence-corrected chi connectivity index (χ2v) is 13.1. The molecule has 0 saturated carbocycles. The molecule has 1 N–H and O–H groups in total. The number of carboxylic acid groups (broad SMARTS) is 1. The van der Waals surface area contributed by atoms with Gasteiger partial charge in [0.1, 0.15) is 12.2 Å². The van der Waals surface area contributed by atoms with E-state index in [4.69, 9.17) is 9.47 Å². The number of carbonyl (C=O) groups excluding carboxylic acids is 2. The highest BCUT2D eigenvalue weighted by Crippen LogP contribution is 2.40. The number of aromatic nitrogens is 3. The van der Waals surface area contributed by atoms with Gasteiger partial charge in [-0.1, -0.05) is 36.4 Å². The van der Waals surface area contributed by atoms with Crippen molar-refractivity contribution in [3.05, 3.63) is 89.5 Å². The summed E-state index contributed by atoms with van der Waals surface area (Å²) in [6, 6.07) is 14.9. The van der Waals surface area contributed by atoms with Gasteiger partial charge in [0.15, 0.2) is 0 Å². The Hall–Kier alpha value is -5.47. The van der Waals surface area contributed by atoms with Crippen molar-refractivity contribution in [3.63, 3.8) is 0 Å². The Kier molecular flexibility index (Phi) is 13.2. The lowest BCUT2D eigenvalue weighted by molar-refractivity contribution is -0.131. The van der Waals surface area contributed by atoms with Crippen LogP contribution in [-0.2, 0) is 9.53 Å². The molecule has 15 heteroatoms. The summed E-state index contributed by atoms with van der Waals surface area (Å²) in [7, 11) is 0. The topological polar surface area (TPSA) is 127 Å². The van der Waals surface area contributed by atoms with Crippen LogP contribution >= 0.6 is 0 Å². The van der Waals surface area contributed by atoms with Gasteiger partial charge in [-0.05, 0) is 81.5 Å². The maximum atomic E-state index is 14.9. The molecule has 11 nitrogen and oxygen atoms in total. The smallest absolute Gasteiger partial charge is 0.432 e. The number of alkyl halides is 3. The first kappa shape index (κ1) is 40.3. The van der Waals surface area contributed by atoms with Crippen LogP contribution in [0.3, 0.4) is 0 Å². The molecule has 0 aliphatic rings. The summed E-state index contributed by atoms with van der Waals surface area (Å²) >= 11 is 0. The van der Waals surface area contributed by atoms with Crippen molar-refractivity contribution in [2.45, 2.75) is 65.7 Å². The number of allylic oxidation sites excluding steroid dienone is 1. The molecule has 0 fully saturated rings. The van der Waals surface area contributed by atoms with Gasteiger partial charge in [0.05, 0.1) is 23.9 Å². The number of amides is 2. The highest BCUT2D eigenvalue weighted by Gasteiger charge is 2.32. The van der Waals surface area contributed by atoms with E-state index in [9.17, 15) is 37.1 Å². The van der Waals surface area contributed by atoms with Crippen molar-refractivity contribution in [3.8, 4) is 5.88 Å². The van der Waals surface area contributed by atoms with Crippen molar-refractivity contribution in [1.29, 1.82) is 0 Å². The van der Waals surface area contributed by atoms with E-state index in [1.807, 2.05) is 13.8 Å².